The Morgan fingerprint density at radius 1 is 1.53 bits per heavy atom. The lowest BCUT2D eigenvalue weighted by Crippen LogP contribution is -2.12. The van der Waals surface area contributed by atoms with Gasteiger partial charge in [-0.25, -0.2) is 0 Å². The van der Waals surface area contributed by atoms with Crippen molar-refractivity contribution in [2.24, 2.45) is 5.92 Å². The fourth-order valence-electron chi connectivity index (χ4n) is 1.34. The lowest BCUT2D eigenvalue weighted by molar-refractivity contribution is 0.0928. The van der Waals surface area contributed by atoms with Crippen LogP contribution in [0, 0.1) is 5.92 Å². The van der Waals surface area contributed by atoms with Gasteiger partial charge in [0, 0.05) is 23.2 Å². The Kier molecular flexibility index (Phi) is 3.72. The number of Topliss-reactive ketones (excluding diaryl/α,β-unsaturated/α-hetero) is 1. The molecular weight excluding hydrogens is 190 g/mol. The standard InChI is InChI=1S/C12H17NO2/c1-4-8(2)12(14)10-6-5-9(15-3)7-11(10)13/h5-8H,4,13H2,1-3H3. The van der Waals surface area contributed by atoms with Crippen molar-refractivity contribution >= 4 is 11.5 Å². The van der Waals surface area contributed by atoms with Crippen LogP contribution < -0.4 is 10.5 Å². The van der Waals surface area contributed by atoms with Gasteiger partial charge in [-0.3, -0.25) is 4.79 Å². The first-order valence-electron chi connectivity index (χ1n) is 5.07. The number of hydrogen-bond acceptors (Lipinski definition) is 3. The molecule has 0 saturated heterocycles. The van der Waals surface area contributed by atoms with Gasteiger partial charge in [-0.1, -0.05) is 13.8 Å². The average Bonchev–Trinajstić information content (AvgIpc) is 2.26. The lowest BCUT2D eigenvalue weighted by Gasteiger charge is -2.10. The maximum atomic E-state index is 11.9. The van der Waals surface area contributed by atoms with Crippen molar-refractivity contribution in [3.63, 3.8) is 0 Å². The van der Waals surface area contributed by atoms with Crippen LogP contribution in [-0.2, 0) is 0 Å². The molecule has 1 rings (SSSR count). The zero-order valence-corrected chi connectivity index (χ0v) is 9.41. The van der Waals surface area contributed by atoms with Gasteiger partial charge in [0.15, 0.2) is 5.78 Å². The third-order valence-corrected chi connectivity index (χ3v) is 2.58. The molecule has 1 aromatic rings. The van der Waals surface area contributed by atoms with Crippen LogP contribution >= 0.6 is 0 Å². The molecule has 0 aliphatic carbocycles. The molecule has 0 aliphatic rings. The fraction of sp³-hybridized carbons (Fsp3) is 0.417. The van der Waals surface area contributed by atoms with E-state index in [-0.39, 0.29) is 11.7 Å². The Balaban J connectivity index is 3.00. The second kappa shape index (κ2) is 4.82. The molecule has 1 unspecified atom stereocenters. The topological polar surface area (TPSA) is 52.3 Å². The first kappa shape index (κ1) is 11.6. The molecule has 1 aromatic carbocycles. The summed E-state index contributed by atoms with van der Waals surface area (Å²) in [6.07, 6.45) is 0.824. The molecule has 0 spiro atoms. The van der Waals surface area contributed by atoms with E-state index in [1.54, 1.807) is 25.3 Å². The highest BCUT2D eigenvalue weighted by Crippen LogP contribution is 2.22. The molecule has 0 aliphatic heterocycles. The second-order valence-corrected chi connectivity index (χ2v) is 3.63. The van der Waals surface area contributed by atoms with Crippen molar-refractivity contribution in [3.05, 3.63) is 23.8 Å². The minimum atomic E-state index is 0.0145. The lowest BCUT2D eigenvalue weighted by atomic mass is 9.96. The highest BCUT2D eigenvalue weighted by molar-refractivity contribution is 6.02. The monoisotopic (exact) mass is 207 g/mol. The van der Waals surface area contributed by atoms with Crippen molar-refractivity contribution in [1.29, 1.82) is 0 Å². The maximum Gasteiger partial charge on any atom is 0.167 e. The van der Waals surface area contributed by atoms with Gasteiger partial charge in [0.05, 0.1) is 7.11 Å². The predicted molar refractivity (Wildman–Crippen MR) is 61.2 cm³/mol. The van der Waals surface area contributed by atoms with Gasteiger partial charge in [-0.2, -0.15) is 0 Å². The summed E-state index contributed by atoms with van der Waals surface area (Å²) in [5, 5.41) is 0. The van der Waals surface area contributed by atoms with E-state index in [1.165, 1.54) is 0 Å². The maximum absolute atomic E-state index is 11.9. The molecule has 0 bridgehead atoms. The van der Waals surface area contributed by atoms with E-state index in [9.17, 15) is 4.79 Å². The van der Waals surface area contributed by atoms with Gasteiger partial charge >= 0.3 is 0 Å². The van der Waals surface area contributed by atoms with Crippen LogP contribution in [0.1, 0.15) is 30.6 Å². The first-order chi connectivity index (χ1) is 7.10. The summed E-state index contributed by atoms with van der Waals surface area (Å²) in [7, 11) is 1.57. The normalized spacial score (nSPS) is 12.2. The first-order valence-corrected chi connectivity index (χ1v) is 5.07. The van der Waals surface area contributed by atoms with E-state index in [1.807, 2.05) is 13.8 Å². The van der Waals surface area contributed by atoms with Crippen LogP contribution in [0.4, 0.5) is 5.69 Å². The second-order valence-electron chi connectivity index (χ2n) is 3.63. The number of nitrogens with two attached hydrogens (primary N) is 1. The fourth-order valence-corrected chi connectivity index (χ4v) is 1.34. The number of rotatable bonds is 4. The molecular formula is C12H17NO2. The number of ether oxygens (including phenoxy) is 1. The van der Waals surface area contributed by atoms with Gasteiger partial charge < -0.3 is 10.5 Å². The number of anilines is 1. The largest absolute Gasteiger partial charge is 0.497 e. The number of carbonyl (C=O) groups excluding carboxylic acids is 1. The summed E-state index contributed by atoms with van der Waals surface area (Å²) < 4.78 is 5.03. The van der Waals surface area contributed by atoms with Gasteiger partial charge in [0.2, 0.25) is 0 Å². The summed E-state index contributed by atoms with van der Waals surface area (Å²) >= 11 is 0. The van der Waals surface area contributed by atoms with Crippen LogP contribution in [0.5, 0.6) is 5.75 Å². The van der Waals surface area contributed by atoms with Crippen molar-refractivity contribution in [2.45, 2.75) is 20.3 Å². The molecule has 0 saturated carbocycles. The minimum Gasteiger partial charge on any atom is -0.497 e. The zero-order chi connectivity index (χ0) is 11.4. The molecule has 0 radical (unpaired) electrons. The van der Waals surface area contributed by atoms with Crippen LogP contribution in [0.2, 0.25) is 0 Å². The van der Waals surface area contributed by atoms with Gasteiger partial charge in [0.25, 0.3) is 0 Å². The summed E-state index contributed by atoms with van der Waals surface area (Å²) in [5.41, 5.74) is 6.86. The van der Waals surface area contributed by atoms with E-state index >= 15 is 0 Å². The van der Waals surface area contributed by atoms with Gasteiger partial charge in [0.1, 0.15) is 5.75 Å². The SMILES string of the molecule is CCC(C)C(=O)c1ccc(OC)cc1N. The molecule has 3 nitrogen and oxygen atoms in total. The van der Waals surface area contributed by atoms with Crippen molar-refractivity contribution in [2.75, 3.05) is 12.8 Å². The average molecular weight is 207 g/mol. The van der Waals surface area contributed by atoms with Gasteiger partial charge in [-0.05, 0) is 18.6 Å². The summed E-state index contributed by atoms with van der Waals surface area (Å²) in [6, 6.07) is 5.16. The highest BCUT2D eigenvalue weighted by Gasteiger charge is 2.15. The summed E-state index contributed by atoms with van der Waals surface area (Å²) in [6.45, 7) is 3.90. The predicted octanol–water partition coefficient (Wildman–Crippen LogP) is 2.51. The van der Waals surface area contributed by atoms with Crippen molar-refractivity contribution in [1.82, 2.24) is 0 Å². The molecule has 0 amide bonds. The number of benzene rings is 1. The number of carbonyl (C=O) groups is 1. The van der Waals surface area contributed by atoms with Crippen molar-refractivity contribution < 1.29 is 9.53 Å². The van der Waals surface area contributed by atoms with Crippen LogP contribution in [0.25, 0.3) is 0 Å². The molecule has 1 atom stereocenters. The molecule has 82 valence electrons. The Labute approximate surface area is 90.2 Å². The number of hydrogen-bond donors (Lipinski definition) is 1. The van der Waals surface area contributed by atoms with Crippen LogP contribution in [0.15, 0.2) is 18.2 Å². The van der Waals surface area contributed by atoms with E-state index in [0.29, 0.717) is 17.0 Å². The van der Waals surface area contributed by atoms with E-state index in [2.05, 4.69) is 0 Å². The summed E-state index contributed by atoms with van der Waals surface area (Å²) in [5.74, 6) is 0.784. The molecule has 2 N–H and O–H groups in total. The minimum absolute atomic E-state index is 0.0145. The van der Waals surface area contributed by atoms with Crippen LogP contribution in [0.3, 0.4) is 0 Å². The van der Waals surface area contributed by atoms with E-state index in [0.717, 1.165) is 6.42 Å². The number of nitrogen functional groups attached to an aromatic ring is 1. The molecule has 15 heavy (non-hydrogen) atoms. The third-order valence-electron chi connectivity index (χ3n) is 2.58. The molecule has 0 aromatic heterocycles. The van der Waals surface area contributed by atoms with E-state index in [4.69, 9.17) is 10.5 Å². The highest BCUT2D eigenvalue weighted by atomic mass is 16.5. The van der Waals surface area contributed by atoms with Gasteiger partial charge in [-0.15, -0.1) is 0 Å². The number of ketones is 1. The Morgan fingerprint density at radius 2 is 2.20 bits per heavy atom. The molecule has 3 heteroatoms. The van der Waals surface area contributed by atoms with Crippen LogP contribution in [-0.4, -0.2) is 12.9 Å². The molecule has 0 heterocycles. The Hall–Kier alpha value is -1.51. The van der Waals surface area contributed by atoms with Crippen molar-refractivity contribution in [3.8, 4) is 5.75 Å². The van der Waals surface area contributed by atoms with E-state index < -0.39 is 0 Å². The smallest absolute Gasteiger partial charge is 0.167 e. The molecule has 0 fully saturated rings. The Bertz CT molecular complexity index is 361. The third kappa shape index (κ3) is 2.49. The Morgan fingerprint density at radius 3 is 2.67 bits per heavy atom. The summed E-state index contributed by atoms with van der Waals surface area (Å²) in [4.78, 5) is 11.9. The zero-order valence-electron chi connectivity index (χ0n) is 9.41. The quantitative estimate of drug-likeness (QED) is 0.609. The number of methoxy groups -OCH3 is 1.